The number of fused-ring (bicyclic) bond motifs is 2. The third kappa shape index (κ3) is 3.31. The van der Waals surface area contributed by atoms with E-state index in [1.807, 2.05) is 36.3 Å². The van der Waals surface area contributed by atoms with E-state index >= 15 is 0 Å². The fourth-order valence-electron chi connectivity index (χ4n) is 2.45. The van der Waals surface area contributed by atoms with Crippen LogP contribution in [0.2, 0.25) is 0 Å². The van der Waals surface area contributed by atoms with E-state index in [1.165, 1.54) is 47.0 Å². The van der Waals surface area contributed by atoms with Crippen LogP contribution in [0, 0.1) is 0 Å². The molecule has 4 rings (SSSR count). The molecule has 4 heteroatoms. The van der Waals surface area contributed by atoms with Crippen molar-refractivity contribution in [2.45, 2.75) is 30.7 Å². The Labute approximate surface area is 124 Å². The Kier molecular flexibility index (Phi) is 4.53. The van der Waals surface area contributed by atoms with E-state index in [0.29, 0.717) is 0 Å². The number of hydrogen-bond donors (Lipinski definition) is 1. The molecule has 0 bridgehead atoms. The smallest absolute Gasteiger partial charge is 0.0991 e. The van der Waals surface area contributed by atoms with Gasteiger partial charge in [0.2, 0.25) is 0 Å². The van der Waals surface area contributed by atoms with Crippen LogP contribution in [0.1, 0.15) is 24.1 Å². The molecule has 0 amide bonds. The number of nitrogens with one attached hydrogen (secondary N) is 1. The van der Waals surface area contributed by atoms with Crippen molar-refractivity contribution >= 4 is 17.4 Å². The maximum Gasteiger partial charge on any atom is 0.0991 e. The van der Waals surface area contributed by atoms with Crippen LogP contribution in [0.4, 0.5) is 5.69 Å². The van der Waals surface area contributed by atoms with Crippen molar-refractivity contribution in [2.75, 3.05) is 17.6 Å². The zero-order valence-corrected chi connectivity index (χ0v) is 12.3. The van der Waals surface area contributed by atoms with Gasteiger partial charge in [-0.1, -0.05) is 6.07 Å². The highest BCUT2D eigenvalue weighted by molar-refractivity contribution is 7.99. The molecule has 0 fully saturated rings. The number of anilines is 1. The molecule has 2 aromatic heterocycles. The SMILES string of the molecule is c1cnc2c(c1)CCCS2.c1cnc2c(c1)NCCC2. The second-order valence-electron chi connectivity index (χ2n) is 4.95. The summed E-state index contributed by atoms with van der Waals surface area (Å²) in [6, 6.07) is 8.25. The number of rotatable bonds is 0. The summed E-state index contributed by atoms with van der Waals surface area (Å²) in [6.45, 7) is 1.10. The van der Waals surface area contributed by atoms with Crippen molar-refractivity contribution in [1.82, 2.24) is 9.97 Å². The van der Waals surface area contributed by atoms with E-state index in [9.17, 15) is 0 Å². The molecule has 0 atom stereocenters. The summed E-state index contributed by atoms with van der Waals surface area (Å²) in [6.07, 6.45) is 8.59. The highest BCUT2D eigenvalue weighted by Crippen LogP contribution is 2.26. The van der Waals surface area contributed by atoms with Gasteiger partial charge in [-0.3, -0.25) is 4.98 Å². The Hall–Kier alpha value is -1.55. The molecule has 2 aliphatic heterocycles. The molecule has 2 aliphatic rings. The number of aryl methyl sites for hydroxylation is 2. The van der Waals surface area contributed by atoms with Gasteiger partial charge in [-0.2, -0.15) is 0 Å². The standard InChI is InChI=1S/C8H10N2.C8H9NS/c1-3-7-8(9-5-1)4-2-6-10-7;1-3-7-4-2-6-10-8(7)9-5-1/h1,3,5,10H,2,4,6H2;1,3,5H,2,4,6H2. The predicted molar refractivity (Wildman–Crippen MR) is 84.3 cm³/mol. The molecule has 1 N–H and O–H groups in total. The first-order valence-corrected chi connectivity index (χ1v) is 8.16. The summed E-state index contributed by atoms with van der Waals surface area (Å²) in [5.74, 6) is 1.24. The van der Waals surface area contributed by atoms with Crippen LogP contribution in [-0.2, 0) is 12.8 Å². The first-order valence-electron chi connectivity index (χ1n) is 7.18. The first kappa shape index (κ1) is 13.4. The minimum absolute atomic E-state index is 1.10. The number of nitrogens with zero attached hydrogens (tertiary/aromatic N) is 2. The van der Waals surface area contributed by atoms with Crippen LogP contribution in [0.15, 0.2) is 41.7 Å². The van der Waals surface area contributed by atoms with Crippen LogP contribution in [-0.4, -0.2) is 22.3 Å². The zero-order chi connectivity index (χ0) is 13.6. The molecule has 0 saturated heterocycles. The van der Waals surface area contributed by atoms with Crippen LogP contribution in [0.25, 0.3) is 0 Å². The van der Waals surface area contributed by atoms with E-state index in [-0.39, 0.29) is 0 Å². The molecule has 20 heavy (non-hydrogen) atoms. The molecule has 104 valence electrons. The molecular weight excluding hydrogens is 266 g/mol. The molecule has 0 aliphatic carbocycles. The molecule has 4 heterocycles. The molecule has 0 unspecified atom stereocenters. The van der Waals surface area contributed by atoms with Gasteiger partial charge in [-0.15, -0.1) is 11.8 Å². The molecule has 0 saturated carbocycles. The molecule has 3 nitrogen and oxygen atoms in total. The number of thioether (sulfide) groups is 1. The predicted octanol–water partition coefficient (Wildman–Crippen LogP) is 3.56. The first-order chi connectivity index (χ1) is 9.93. The van der Waals surface area contributed by atoms with E-state index in [1.54, 1.807) is 0 Å². The summed E-state index contributed by atoms with van der Waals surface area (Å²) < 4.78 is 0. The van der Waals surface area contributed by atoms with Gasteiger partial charge in [-0.05, 0) is 55.2 Å². The van der Waals surface area contributed by atoms with Crippen molar-refractivity contribution < 1.29 is 0 Å². The second kappa shape index (κ2) is 6.75. The molecule has 0 aromatic carbocycles. The molecule has 0 radical (unpaired) electrons. The van der Waals surface area contributed by atoms with Crippen molar-refractivity contribution in [3.63, 3.8) is 0 Å². The average molecular weight is 285 g/mol. The second-order valence-corrected chi connectivity index (χ2v) is 6.03. The zero-order valence-electron chi connectivity index (χ0n) is 11.5. The van der Waals surface area contributed by atoms with Gasteiger partial charge in [0.1, 0.15) is 0 Å². The Morgan fingerprint density at radius 2 is 1.90 bits per heavy atom. The summed E-state index contributed by atoms with van der Waals surface area (Å²) in [7, 11) is 0. The normalized spacial score (nSPS) is 16.0. The highest BCUT2D eigenvalue weighted by atomic mass is 32.2. The van der Waals surface area contributed by atoms with Crippen molar-refractivity contribution in [3.8, 4) is 0 Å². The van der Waals surface area contributed by atoms with E-state index < -0.39 is 0 Å². The summed E-state index contributed by atoms with van der Waals surface area (Å²) >= 11 is 1.88. The fraction of sp³-hybridized carbons (Fsp3) is 0.375. The lowest BCUT2D eigenvalue weighted by molar-refractivity contribution is 0.802. The third-order valence-electron chi connectivity index (χ3n) is 3.48. The van der Waals surface area contributed by atoms with E-state index in [0.717, 1.165) is 13.0 Å². The van der Waals surface area contributed by atoms with Crippen molar-refractivity contribution in [3.05, 3.63) is 47.9 Å². The molecular formula is C16H19N3S. The quantitative estimate of drug-likeness (QED) is 0.803. The van der Waals surface area contributed by atoms with Gasteiger partial charge in [-0.25, -0.2) is 4.98 Å². The van der Waals surface area contributed by atoms with Gasteiger partial charge in [0.25, 0.3) is 0 Å². The lowest BCUT2D eigenvalue weighted by Crippen LogP contribution is -2.12. The van der Waals surface area contributed by atoms with E-state index in [4.69, 9.17) is 0 Å². The Morgan fingerprint density at radius 3 is 2.80 bits per heavy atom. The summed E-state index contributed by atoms with van der Waals surface area (Å²) in [5.41, 5.74) is 3.86. The lowest BCUT2D eigenvalue weighted by Gasteiger charge is -2.15. The lowest BCUT2D eigenvalue weighted by atomic mass is 10.1. The minimum atomic E-state index is 1.10. The van der Waals surface area contributed by atoms with Crippen LogP contribution < -0.4 is 5.32 Å². The number of aromatic nitrogens is 2. The van der Waals surface area contributed by atoms with E-state index in [2.05, 4.69) is 27.4 Å². The topological polar surface area (TPSA) is 37.8 Å². The van der Waals surface area contributed by atoms with Gasteiger partial charge in [0, 0.05) is 18.9 Å². The van der Waals surface area contributed by atoms with Gasteiger partial charge in [0.15, 0.2) is 0 Å². The average Bonchev–Trinajstić information content (AvgIpc) is 2.56. The third-order valence-corrected chi connectivity index (χ3v) is 4.61. The highest BCUT2D eigenvalue weighted by Gasteiger charge is 2.08. The molecule has 2 aromatic rings. The Balaban J connectivity index is 0.000000121. The number of hydrogen-bond acceptors (Lipinski definition) is 4. The Morgan fingerprint density at radius 1 is 1.00 bits per heavy atom. The van der Waals surface area contributed by atoms with Gasteiger partial charge in [0.05, 0.1) is 16.4 Å². The largest absolute Gasteiger partial charge is 0.384 e. The molecule has 0 spiro atoms. The maximum atomic E-state index is 4.28. The summed E-state index contributed by atoms with van der Waals surface area (Å²) in [5, 5.41) is 4.54. The van der Waals surface area contributed by atoms with Gasteiger partial charge >= 0.3 is 0 Å². The minimum Gasteiger partial charge on any atom is -0.384 e. The van der Waals surface area contributed by atoms with Crippen LogP contribution in [0.3, 0.4) is 0 Å². The summed E-state index contributed by atoms with van der Waals surface area (Å²) in [4.78, 5) is 8.54. The Bertz CT molecular complexity index is 470. The van der Waals surface area contributed by atoms with Crippen molar-refractivity contribution in [1.29, 1.82) is 0 Å². The van der Waals surface area contributed by atoms with Gasteiger partial charge < -0.3 is 5.32 Å². The number of pyridine rings is 2. The maximum absolute atomic E-state index is 4.28. The van der Waals surface area contributed by atoms with Crippen LogP contribution >= 0.6 is 11.8 Å². The fourth-order valence-corrected chi connectivity index (χ4v) is 3.43. The monoisotopic (exact) mass is 285 g/mol. The van der Waals surface area contributed by atoms with Crippen molar-refractivity contribution in [2.24, 2.45) is 0 Å². The van der Waals surface area contributed by atoms with Crippen LogP contribution in [0.5, 0.6) is 0 Å².